The van der Waals surface area contributed by atoms with Crippen LogP contribution in [0.2, 0.25) is 0 Å². The lowest BCUT2D eigenvalue weighted by Gasteiger charge is -2.37. The number of nitriles is 1. The number of rotatable bonds is 5. The Morgan fingerprint density at radius 3 is 2.65 bits per heavy atom. The van der Waals surface area contributed by atoms with Crippen molar-refractivity contribution in [3.8, 4) is 6.07 Å². The molecule has 3 heteroatoms. The number of nitrogens with one attached hydrogen (secondary N) is 1. The second kappa shape index (κ2) is 6.37. The van der Waals surface area contributed by atoms with Gasteiger partial charge in [0.1, 0.15) is 5.54 Å². The van der Waals surface area contributed by atoms with Gasteiger partial charge in [0.2, 0.25) is 0 Å². The van der Waals surface area contributed by atoms with Crippen molar-refractivity contribution >= 4 is 0 Å². The van der Waals surface area contributed by atoms with Crippen molar-refractivity contribution in [3.63, 3.8) is 0 Å². The quantitative estimate of drug-likeness (QED) is 0.801. The van der Waals surface area contributed by atoms with E-state index in [0.29, 0.717) is 12.0 Å². The van der Waals surface area contributed by atoms with E-state index in [2.05, 4.69) is 39.1 Å². The fourth-order valence-corrected chi connectivity index (χ4v) is 2.51. The largest absolute Gasteiger partial charge is 0.378 e. The molecule has 1 rings (SSSR count). The third-order valence-electron chi connectivity index (χ3n) is 3.15. The van der Waals surface area contributed by atoms with Crippen molar-refractivity contribution < 1.29 is 4.74 Å². The number of ether oxygens (including phenoxy) is 1. The summed E-state index contributed by atoms with van der Waals surface area (Å²) in [6, 6.07) is 2.82. The maximum atomic E-state index is 9.42. The molecule has 2 unspecified atom stereocenters. The zero-order chi connectivity index (χ0) is 12.9. The topological polar surface area (TPSA) is 45.0 Å². The summed E-state index contributed by atoms with van der Waals surface area (Å²) in [5.41, 5.74) is -0.367. The number of hydrogen-bond acceptors (Lipinski definition) is 3. The maximum absolute atomic E-state index is 9.42. The van der Waals surface area contributed by atoms with E-state index in [1.165, 1.54) is 0 Å². The third-order valence-corrected chi connectivity index (χ3v) is 3.15. The first kappa shape index (κ1) is 14.5. The van der Waals surface area contributed by atoms with Crippen LogP contribution in [0.4, 0.5) is 0 Å². The van der Waals surface area contributed by atoms with Gasteiger partial charge in [-0.2, -0.15) is 5.26 Å². The third kappa shape index (κ3) is 4.65. The standard InChI is InChI=1S/C14H26N2O/c1-11(2)9-17-13-6-5-7-14(8-13,10-15)16-12(3)4/h11-13,16H,5-9H2,1-4H3. The Morgan fingerprint density at radius 2 is 2.12 bits per heavy atom. The molecule has 0 saturated heterocycles. The summed E-state index contributed by atoms with van der Waals surface area (Å²) in [6.07, 6.45) is 4.20. The normalized spacial score (nSPS) is 29.6. The molecule has 17 heavy (non-hydrogen) atoms. The average molecular weight is 238 g/mol. The van der Waals surface area contributed by atoms with Crippen LogP contribution in [-0.4, -0.2) is 24.3 Å². The van der Waals surface area contributed by atoms with Gasteiger partial charge < -0.3 is 4.74 Å². The average Bonchev–Trinajstić information content (AvgIpc) is 2.26. The van der Waals surface area contributed by atoms with Gasteiger partial charge in [0, 0.05) is 19.1 Å². The Kier molecular flexibility index (Phi) is 5.42. The molecule has 0 radical (unpaired) electrons. The molecular weight excluding hydrogens is 212 g/mol. The first-order valence-corrected chi connectivity index (χ1v) is 6.78. The Bertz CT molecular complexity index is 270. The van der Waals surface area contributed by atoms with E-state index in [9.17, 15) is 5.26 Å². The first-order chi connectivity index (χ1) is 7.97. The molecule has 0 spiro atoms. The molecule has 0 heterocycles. The number of nitrogens with zero attached hydrogens (tertiary/aromatic N) is 1. The molecular formula is C14H26N2O. The predicted molar refractivity (Wildman–Crippen MR) is 69.7 cm³/mol. The van der Waals surface area contributed by atoms with E-state index >= 15 is 0 Å². The van der Waals surface area contributed by atoms with E-state index in [-0.39, 0.29) is 11.6 Å². The van der Waals surface area contributed by atoms with Gasteiger partial charge in [0.05, 0.1) is 12.2 Å². The molecule has 1 saturated carbocycles. The van der Waals surface area contributed by atoms with Gasteiger partial charge in [-0.15, -0.1) is 0 Å². The minimum Gasteiger partial charge on any atom is -0.378 e. The Balaban J connectivity index is 2.54. The van der Waals surface area contributed by atoms with Crippen molar-refractivity contribution in [3.05, 3.63) is 0 Å². The van der Waals surface area contributed by atoms with E-state index < -0.39 is 0 Å². The molecule has 0 amide bonds. The predicted octanol–water partition coefficient (Wildman–Crippen LogP) is 2.86. The Hall–Kier alpha value is -0.590. The summed E-state index contributed by atoms with van der Waals surface area (Å²) in [4.78, 5) is 0. The summed E-state index contributed by atoms with van der Waals surface area (Å²) in [6.45, 7) is 9.31. The molecule has 0 aromatic rings. The maximum Gasteiger partial charge on any atom is 0.109 e. The highest BCUT2D eigenvalue weighted by Crippen LogP contribution is 2.30. The first-order valence-electron chi connectivity index (χ1n) is 6.78. The van der Waals surface area contributed by atoms with Crippen LogP contribution in [0.15, 0.2) is 0 Å². The number of hydrogen-bond donors (Lipinski definition) is 1. The van der Waals surface area contributed by atoms with Crippen LogP contribution in [0.3, 0.4) is 0 Å². The highest BCUT2D eigenvalue weighted by atomic mass is 16.5. The molecule has 1 fully saturated rings. The van der Waals surface area contributed by atoms with Crippen LogP contribution >= 0.6 is 0 Å². The highest BCUT2D eigenvalue weighted by Gasteiger charge is 2.37. The summed E-state index contributed by atoms with van der Waals surface area (Å²) >= 11 is 0. The molecule has 0 aromatic heterocycles. The molecule has 98 valence electrons. The van der Waals surface area contributed by atoms with Crippen LogP contribution in [0.5, 0.6) is 0 Å². The summed E-state index contributed by atoms with van der Waals surface area (Å²) < 4.78 is 5.89. The van der Waals surface area contributed by atoms with Crippen LogP contribution in [0, 0.1) is 17.2 Å². The molecule has 1 aliphatic rings. The molecule has 1 aliphatic carbocycles. The van der Waals surface area contributed by atoms with Crippen molar-refractivity contribution in [1.29, 1.82) is 5.26 Å². The molecule has 0 aliphatic heterocycles. The van der Waals surface area contributed by atoms with Crippen LogP contribution in [0.25, 0.3) is 0 Å². The smallest absolute Gasteiger partial charge is 0.109 e. The van der Waals surface area contributed by atoms with Gasteiger partial charge in [-0.25, -0.2) is 0 Å². The van der Waals surface area contributed by atoms with Gasteiger partial charge in [0.25, 0.3) is 0 Å². The van der Waals surface area contributed by atoms with Gasteiger partial charge in [-0.3, -0.25) is 5.32 Å². The monoisotopic (exact) mass is 238 g/mol. The Labute approximate surface area is 106 Å². The van der Waals surface area contributed by atoms with E-state index in [1.54, 1.807) is 0 Å². The van der Waals surface area contributed by atoms with Crippen molar-refractivity contribution in [1.82, 2.24) is 5.32 Å². The lowest BCUT2D eigenvalue weighted by molar-refractivity contribution is -0.00458. The van der Waals surface area contributed by atoms with Gasteiger partial charge in [-0.1, -0.05) is 13.8 Å². The zero-order valence-electron chi connectivity index (χ0n) is 11.6. The Morgan fingerprint density at radius 1 is 1.41 bits per heavy atom. The summed E-state index contributed by atoms with van der Waals surface area (Å²) in [7, 11) is 0. The lowest BCUT2D eigenvalue weighted by atomic mass is 9.80. The molecule has 1 N–H and O–H groups in total. The lowest BCUT2D eigenvalue weighted by Crippen LogP contribution is -2.52. The second-order valence-corrected chi connectivity index (χ2v) is 5.94. The van der Waals surface area contributed by atoms with E-state index in [1.807, 2.05) is 0 Å². The fourth-order valence-electron chi connectivity index (χ4n) is 2.51. The van der Waals surface area contributed by atoms with Gasteiger partial charge >= 0.3 is 0 Å². The van der Waals surface area contributed by atoms with Crippen molar-refractivity contribution in [2.24, 2.45) is 5.92 Å². The molecule has 0 bridgehead atoms. The molecule has 3 nitrogen and oxygen atoms in total. The summed E-state index contributed by atoms with van der Waals surface area (Å²) in [5.74, 6) is 0.562. The highest BCUT2D eigenvalue weighted by molar-refractivity contribution is 5.10. The molecule has 2 atom stereocenters. The zero-order valence-corrected chi connectivity index (χ0v) is 11.6. The van der Waals surface area contributed by atoms with E-state index in [0.717, 1.165) is 32.3 Å². The minimum absolute atomic E-state index is 0.247. The minimum atomic E-state index is -0.367. The second-order valence-electron chi connectivity index (χ2n) is 5.94. The SMILES string of the molecule is CC(C)COC1CCCC(C#N)(NC(C)C)C1. The summed E-state index contributed by atoms with van der Waals surface area (Å²) in [5, 5.41) is 12.8. The van der Waals surface area contributed by atoms with Crippen LogP contribution < -0.4 is 5.32 Å². The van der Waals surface area contributed by atoms with Crippen molar-refractivity contribution in [2.45, 2.75) is 71.1 Å². The van der Waals surface area contributed by atoms with Crippen LogP contribution in [-0.2, 0) is 4.74 Å². The van der Waals surface area contributed by atoms with Gasteiger partial charge in [-0.05, 0) is 39.0 Å². The van der Waals surface area contributed by atoms with Crippen LogP contribution in [0.1, 0.15) is 53.4 Å². The fraction of sp³-hybridized carbons (Fsp3) is 0.929. The van der Waals surface area contributed by atoms with Gasteiger partial charge in [0.15, 0.2) is 0 Å². The molecule has 0 aromatic carbocycles. The van der Waals surface area contributed by atoms with E-state index in [4.69, 9.17) is 4.74 Å². The van der Waals surface area contributed by atoms with Crippen molar-refractivity contribution in [2.75, 3.05) is 6.61 Å².